The van der Waals surface area contributed by atoms with Gasteiger partial charge in [-0.15, -0.1) is 0 Å². The van der Waals surface area contributed by atoms with Crippen molar-refractivity contribution in [1.82, 2.24) is 9.88 Å². The molecule has 1 aliphatic heterocycles. The number of aromatic nitrogens is 1. The Morgan fingerprint density at radius 1 is 1.33 bits per heavy atom. The normalized spacial score (nSPS) is 14.9. The highest BCUT2D eigenvalue weighted by atomic mass is 19.3. The van der Waals surface area contributed by atoms with Gasteiger partial charge in [-0.05, 0) is 24.1 Å². The third-order valence-corrected chi connectivity index (χ3v) is 4.38. The van der Waals surface area contributed by atoms with Gasteiger partial charge in [0.2, 0.25) is 5.91 Å². The summed E-state index contributed by atoms with van der Waals surface area (Å²) in [6.07, 6.45) is 1.44. The summed E-state index contributed by atoms with van der Waals surface area (Å²) >= 11 is 0. The molecule has 0 bridgehead atoms. The molecule has 0 spiro atoms. The van der Waals surface area contributed by atoms with Crippen LogP contribution in [-0.2, 0) is 4.79 Å². The lowest BCUT2D eigenvalue weighted by atomic mass is 10.1. The summed E-state index contributed by atoms with van der Waals surface area (Å²) in [5.41, 5.74) is 1.37. The molecule has 142 valence electrons. The summed E-state index contributed by atoms with van der Waals surface area (Å²) in [5.74, 6) is 0.329. The molecule has 1 saturated heterocycles. The minimum absolute atomic E-state index is 0.0135. The number of nitrogens with zero attached hydrogens (tertiary/aromatic N) is 4. The summed E-state index contributed by atoms with van der Waals surface area (Å²) in [4.78, 5) is 20.4. The first-order valence-electron chi connectivity index (χ1n) is 8.69. The monoisotopic (exact) mass is 374 g/mol. The van der Waals surface area contributed by atoms with Gasteiger partial charge in [0.15, 0.2) is 0 Å². The fourth-order valence-electron chi connectivity index (χ4n) is 3.29. The second-order valence-corrected chi connectivity index (χ2v) is 6.84. The number of benzene rings is 1. The van der Waals surface area contributed by atoms with E-state index in [1.54, 1.807) is 6.07 Å². The smallest absolute Gasteiger partial charge is 0.387 e. The SMILES string of the molecule is CC(C)CN1CCN(c2c(C#N)cnc3ccc(OC(F)F)cc23)CC1=O. The van der Waals surface area contributed by atoms with E-state index in [1.807, 2.05) is 23.6 Å². The molecular weight excluding hydrogens is 354 g/mol. The van der Waals surface area contributed by atoms with Crippen molar-refractivity contribution in [2.45, 2.75) is 20.5 Å². The molecule has 0 aliphatic carbocycles. The minimum atomic E-state index is -2.95. The van der Waals surface area contributed by atoms with Gasteiger partial charge in [-0.3, -0.25) is 9.78 Å². The average molecular weight is 374 g/mol. The second-order valence-electron chi connectivity index (χ2n) is 6.84. The van der Waals surface area contributed by atoms with Crippen molar-refractivity contribution in [3.8, 4) is 11.8 Å². The van der Waals surface area contributed by atoms with Gasteiger partial charge in [0.25, 0.3) is 0 Å². The van der Waals surface area contributed by atoms with Gasteiger partial charge in [0.05, 0.1) is 23.3 Å². The number of halogens is 2. The highest BCUT2D eigenvalue weighted by Crippen LogP contribution is 2.33. The number of hydrogen-bond acceptors (Lipinski definition) is 5. The Labute approximate surface area is 155 Å². The zero-order valence-electron chi connectivity index (χ0n) is 15.2. The standard InChI is InChI=1S/C19H20F2N4O2/c1-12(2)10-24-5-6-25(11-17(24)26)18-13(8-22)9-23-16-4-3-14(7-15(16)18)27-19(20)21/h3-4,7,9,12,19H,5-6,10-11H2,1-2H3. The molecule has 1 aromatic carbocycles. The van der Waals surface area contributed by atoms with Crippen LogP contribution in [0.4, 0.5) is 14.5 Å². The number of hydrogen-bond donors (Lipinski definition) is 0. The average Bonchev–Trinajstić information content (AvgIpc) is 2.61. The first-order valence-corrected chi connectivity index (χ1v) is 8.69. The number of pyridine rings is 1. The van der Waals surface area contributed by atoms with E-state index < -0.39 is 6.61 Å². The van der Waals surface area contributed by atoms with Crippen molar-refractivity contribution in [1.29, 1.82) is 5.26 Å². The maximum absolute atomic E-state index is 12.6. The number of carbonyl (C=O) groups excluding carboxylic acids is 1. The van der Waals surface area contributed by atoms with Crippen molar-refractivity contribution < 1.29 is 18.3 Å². The van der Waals surface area contributed by atoms with Crippen molar-refractivity contribution in [3.63, 3.8) is 0 Å². The molecule has 1 fully saturated rings. The van der Waals surface area contributed by atoms with E-state index in [0.29, 0.717) is 47.7 Å². The molecule has 27 heavy (non-hydrogen) atoms. The van der Waals surface area contributed by atoms with E-state index in [-0.39, 0.29) is 18.2 Å². The van der Waals surface area contributed by atoms with Gasteiger partial charge in [0, 0.05) is 31.2 Å². The molecule has 3 rings (SSSR count). The van der Waals surface area contributed by atoms with Crippen LogP contribution < -0.4 is 9.64 Å². The van der Waals surface area contributed by atoms with Crippen LogP contribution in [0.2, 0.25) is 0 Å². The van der Waals surface area contributed by atoms with Crippen LogP contribution in [0.3, 0.4) is 0 Å². The Kier molecular flexibility index (Phi) is 5.40. The molecule has 6 nitrogen and oxygen atoms in total. The molecule has 1 amide bonds. The highest BCUT2D eigenvalue weighted by molar-refractivity contribution is 5.97. The fraction of sp³-hybridized carbons (Fsp3) is 0.421. The lowest BCUT2D eigenvalue weighted by molar-refractivity contribution is -0.131. The number of rotatable bonds is 5. The van der Waals surface area contributed by atoms with Crippen LogP contribution in [-0.4, -0.2) is 48.6 Å². The number of nitriles is 1. The summed E-state index contributed by atoms with van der Waals surface area (Å²) in [7, 11) is 0. The first kappa shape index (κ1) is 18.8. The third kappa shape index (κ3) is 4.08. The van der Waals surface area contributed by atoms with Crippen LogP contribution in [0.1, 0.15) is 19.4 Å². The highest BCUT2D eigenvalue weighted by Gasteiger charge is 2.27. The van der Waals surface area contributed by atoms with Crippen molar-refractivity contribution in [2.24, 2.45) is 5.92 Å². The summed E-state index contributed by atoms with van der Waals surface area (Å²) in [5, 5.41) is 10.0. The maximum Gasteiger partial charge on any atom is 0.387 e. The van der Waals surface area contributed by atoms with Crippen LogP contribution in [0.15, 0.2) is 24.4 Å². The van der Waals surface area contributed by atoms with E-state index in [2.05, 4.69) is 15.8 Å². The second kappa shape index (κ2) is 7.74. The van der Waals surface area contributed by atoms with Crippen molar-refractivity contribution >= 4 is 22.5 Å². The predicted octanol–water partition coefficient (Wildman–Crippen LogP) is 3.01. The molecule has 0 N–H and O–H groups in total. The van der Waals surface area contributed by atoms with Crippen LogP contribution in [0.25, 0.3) is 10.9 Å². The van der Waals surface area contributed by atoms with Crippen molar-refractivity contribution in [2.75, 3.05) is 31.1 Å². The summed E-state index contributed by atoms with van der Waals surface area (Å²) in [6.45, 7) is 3.05. The quantitative estimate of drug-likeness (QED) is 0.805. The lowest BCUT2D eigenvalue weighted by Gasteiger charge is -2.37. The predicted molar refractivity (Wildman–Crippen MR) is 96.7 cm³/mol. The number of ether oxygens (including phenoxy) is 1. The molecule has 1 aliphatic rings. The third-order valence-electron chi connectivity index (χ3n) is 4.38. The summed E-state index contributed by atoms with van der Waals surface area (Å²) in [6, 6.07) is 6.50. The Bertz CT molecular complexity index is 895. The zero-order valence-corrected chi connectivity index (χ0v) is 15.2. The van der Waals surface area contributed by atoms with Crippen molar-refractivity contribution in [3.05, 3.63) is 30.0 Å². The van der Waals surface area contributed by atoms with E-state index in [1.165, 1.54) is 18.3 Å². The van der Waals surface area contributed by atoms with Gasteiger partial charge in [-0.2, -0.15) is 14.0 Å². The minimum Gasteiger partial charge on any atom is -0.435 e. The molecule has 8 heteroatoms. The van der Waals surface area contributed by atoms with E-state index >= 15 is 0 Å². The maximum atomic E-state index is 12.6. The topological polar surface area (TPSA) is 69.5 Å². The Morgan fingerprint density at radius 2 is 2.11 bits per heavy atom. The molecule has 0 radical (unpaired) electrons. The molecule has 0 unspecified atom stereocenters. The van der Waals surface area contributed by atoms with Crippen LogP contribution in [0, 0.1) is 17.2 Å². The van der Waals surface area contributed by atoms with Gasteiger partial charge in [0.1, 0.15) is 11.8 Å². The molecule has 0 saturated carbocycles. The van der Waals surface area contributed by atoms with Crippen LogP contribution in [0.5, 0.6) is 5.75 Å². The number of piperazine rings is 1. The number of alkyl halides is 2. The molecule has 1 aromatic heterocycles. The summed E-state index contributed by atoms with van der Waals surface area (Å²) < 4.78 is 29.6. The van der Waals surface area contributed by atoms with E-state index in [0.717, 1.165) is 0 Å². The van der Waals surface area contributed by atoms with Gasteiger partial charge >= 0.3 is 6.61 Å². The lowest BCUT2D eigenvalue weighted by Crippen LogP contribution is -2.51. The van der Waals surface area contributed by atoms with E-state index in [4.69, 9.17) is 0 Å². The largest absolute Gasteiger partial charge is 0.435 e. The Morgan fingerprint density at radius 3 is 2.74 bits per heavy atom. The Balaban J connectivity index is 1.99. The Hall–Kier alpha value is -2.95. The van der Waals surface area contributed by atoms with Gasteiger partial charge < -0.3 is 14.5 Å². The van der Waals surface area contributed by atoms with Gasteiger partial charge in [-0.25, -0.2) is 0 Å². The molecule has 2 aromatic rings. The zero-order chi connectivity index (χ0) is 19.6. The fourth-order valence-corrected chi connectivity index (χ4v) is 3.29. The van der Waals surface area contributed by atoms with E-state index in [9.17, 15) is 18.8 Å². The molecule has 2 heterocycles. The van der Waals surface area contributed by atoms with Crippen LogP contribution >= 0.6 is 0 Å². The number of amides is 1. The number of carbonyl (C=O) groups is 1. The number of anilines is 1. The molecule has 0 atom stereocenters. The first-order chi connectivity index (χ1) is 12.9. The van der Waals surface area contributed by atoms with Gasteiger partial charge in [-0.1, -0.05) is 13.8 Å². The number of fused-ring (bicyclic) bond motifs is 1. The molecular formula is C19H20F2N4O2.